The number of hydrogen-bond donors (Lipinski definition) is 1. The van der Waals surface area contributed by atoms with Gasteiger partial charge in [0.2, 0.25) is 0 Å². The van der Waals surface area contributed by atoms with Crippen molar-refractivity contribution in [2.24, 2.45) is 0 Å². The van der Waals surface area contributed by atoms with Crippen molar-refractivity contribution in [3.05, 3.63) is 45.8 Å². The smallest absolute Gasteiger partial charge is 0.341 e. The lowest BCUT2D eigenvalue weighted by molar-refractivity contribution is 0.0526. The average Bonchev–Trinajstić information content (AvgIpc) is 3.11. The minimum absolute atomic E-state index is 0.266. The first-order chi connectivity index (χ1) is 14.7. The van der Waals surface area contributed by atoms with Gasteiger partial charge in [-0.2, -0.15) is 12.7 Å². The summed E-state index contributed by atoms with van der Waals surface area (Å²) in [6.07, 6.45) is 3.77. The predicted molar refractivity (Wildman–Crippen MR) is 122 cm³/mol. The zero-order valence-corrected chi connectivity index (χ0v) is 19.7. The van der Waals surface area contributed by atoms with Crippen molar-refractivity contribution in [2.45, 2.75) is 32.6 Å². The summed E-state index contributed by atoms with van der Waals surface area (Å²) in [5.41, 5.74) is 2.24. The highest BCUT2D eigenvalue weighted by atomic mass is 32.2. The van der Waals surface area contributed by atoms with Gasteiger partial charge in [0.25, 0.3) is 5.91 Å². The van der Waals surface area contributed by atoms with Crippen LogP contribution in [0.25, 0.3) is 0 Å². The van der Waals surface area contributed by atoms with Gasteiger partial charge in [0.05, 0.1) is 17.9 Å². The van der Waals surface area contributed by atoms with Crippen LogP contribution in [0.4, 0.5) is 10.7 Å². The summed E-state index contributed by atoms with van der Waals surface area (Å²) >= 11 is 1.43. The molecule has 1 aliphatic carbocycles. The molecule has 1 amide bonds. The number of amides is 1. The number of benzene rings is 1. The Morgan fingerprint density at radius 1 is 1.10 bits per heavy atom. The van der Waals surface area contributed by atoms with Crippen molar-refractivity contribution in [1.29, 1.82) is 0 Å². The van der Waals surface area contributed by atoms with E-state index in [-0.39, 0.29) is 12.5 Å². The third kappa shape index (κ3) is 4.76. The number of carbonyl (C=O) groups excluding carboxylic acids is 2. The summed E-state index contributed by atoms with van der Waals surface area (Å²) < 4.78 is 32.0. The summed E-state index contributed by atoms with van der Waals surface area (Å²) in [6.45, 7) is 2.02. The number of aryl methyl sites for hydroxylation is 1. The van der Waals surface area contributed by atoms with E-state index in [4.69, 9.17) is 4.74 Å². The molecule has 168 valence electrons. The van der Waals surface area contributed by atoms with Crippen LogP contribution in [0.3, 0.4) is 0 Å². The third-order valence-electron chi connectivity index (χ3n) is 5.18. The van der Waals surface area contributed by atoms with Crippen LogP contribution in [-0.2, 0) is 27.8 Å². The van der Waals surface area contributed by atoms with Crippen LogP contribution in [-0.4, -0.2) is 52.3 Å². The van der Waals surface area contributed by atoms with Crippen LogP contribution in [0.5, 0.6) is 0 Å². The fourth-order valence-corrected chi connectivity index (χ4v) is 5.60. The van der Waals surface area contributed by atoms with Gasteiger partial charge in [-0.25, -0.2) is 4.79 Å². The lowest BCUT2D eigenvalue weighted by atomic mass is 9.95. The Labute approximate surface area is 187 Å². The van der Waals surface area contributed by atoms with Crippen LogP contribution < -0.4 is 9.62 Å². The zero-order valence-electron chi connectivity index (χ0n) is 18.1. The first kappa shape index (κ1) is 23.2. The van der Waals surface area contributed by atoms with Crippen LogP contribution in [0.1, 0.15) is 50.9 Å². The molecule has 1 heterocycles. The minimum atomic E-state index is -3.62. The third-order valence-corrected chi connectivity index (χ3v) is 8.21. The van der Waals surface area contributed by atoms with Crippen molar-refractivity contribution in [3.8, 4) is 0 Å². The first-order valence-electron chi connectivity index (χ1n) is 10.1. The van der Waals surface area contributed by atoms with Crippen molar-refractivity contribution in [3.63, 3.8) is 0 Å². The molecule has 2 aromatic rings. The van der Waals surface area contributed by atoms with E-state index >= 15 is 0 Å². The van der Waals surface area contributed by atoms with Gasteiger partial charge >= 0.3 is 16.2 Å². The van der Waals surface area contributed by atoms with Crippen LogP contribution in [0, 0.1) is 0 Å². The van der Waals surface area contributed by atoms with E-state index in [1.165, 1.54) is 32.5 Å². The maximum Gasteiger partial charge on any atom is 0.341 e. The molecule has 1 aromatic heterocycles. The molecule has 10 heteroatoms. The Bertz CT molecular complexity index is 1080. The number of nitrogens with one attached hydrogen (secondary N) is 1. The second-order valence-corrected chi connectivity index (χ2v) is 10.7. The lowest BCUT2D eigenvalue weighted by Crippen LogP contribution is -2.37. The first-order valence-corrected chi connectivity index (χ1v) is 12.3. The van der Waals surface area contributed by atoms with Gasteiger partial charge in [0.1, 0.15) is 5.00 Å². The Morgan fingerprint density at radius 3 is 2.35 bits per heavy atom. The van der Waals surface area contributed by atoms with E-state index in [1.54, 1.807) is 31.2 Å². The number of hydrogen-bond acceptors (Lipinski definition) is 6. The molecule has 0 saturated carbocycles. The number of esters is 1. The molecule has 0 spiro atoms. The molecule has 0 radical (unpaired) electrons. The second kappa shape index (κ2) is 9.37. The monoisotopic (exact) mass is 465 g/mol. The SMILES string of the molecule is CCOC(=O)c1c(NC(=O)c2ccc(N(C)S(=O)(=O)N(C)C)cc2)sc2c1CCCC2. The van der Waals surface area contributed by atoms with Crippen molar-refractivity contribution < 1.29 is 22.7 Å². The van der Waals surface area contributed by atoms with E-state index in [0.29, 0.717) is 21.8 Å². The second-order valence-electron chi connectivity index (χ2n) is 7.39. The number of ether oxygens (including phenoxy) is 1. The maximum absolute atomic E-state index is 12.8. The number of fused-ring (bicyclic) bond motifs is 1. The lowest BCUT2D eigenvalue weighted by Gasteiger charge is -2.23. The maximum atomic E-state index is 12.8. The van der Waals surface area contributed by atoms with Gasteiger partial charge in [-0.3, -0.25) is 9.10 Å². The van der Waals surface area contributed by atoms with Crippen molar-refractivity contribution in [1.82, 2.24) is 4.31 Å². The summed E-state index contributed by atoms with van der Waals surface area (Å²) in [5, 5.41) is 3.37. The summed E-state index contributed by atoms with van der Waals surface area (Å²) in [4.78, 5) is 26.5. The van der Waals surface area contributed by atoms with Crippen molar-refractivity contribution >= 4 is 44.1 Å². The molecule has 0 aliphatic heterocycles. The molecular formula is C21H27N3O5S2. The molecule has 3 rings (SSSR count). The van der Waals surface area contributed by atoms with Gasteiger partial charge in [-0.15, -0.1) is 11.3 Å². The molecule has 0 fully saturated rings. The van der Waals surface area contributed by atoms with E-state index in [9.17, 15) is 18.0 Å². The molecule has 1 aliphatic rings. The number of carbonyl (C=O) groups is 2. The fraction of sp³-hybridized carbons (Fsp3) is 0.429. The summed E-state index contributed by atoms with van der Waals surface area (Å²) in [7, 11) is 0.740. The molecule has 8 nitrogen and oxygen atoms in total. The normalized spacial score (nSPS) is 13.6. The average molecular weight is 466 g/mol. The molecule has 0 unspecified atom stereocenters. The predicted octanol–water partition coefficient (Wildman–Crippen LogP) is 3.30. The minimum Gasteiger partial charge on any atom is -0.462 e. The van der Waals surface area contributed by atoms with Crippen LogP contribution >= 0.6 is 11.3 Å². The Hall–Kier alpha value is -2.43. The highest BCUT2D eigenvalue weighted by Crippen LogP contribution is 2.38. The molecule has 0 atom stereocenters. The Kier molecular flexibility index (Phi) is 7.03. The number of nitrogens with zero attached hydrogens (tertiary/aromatic N) is 2. The van der Waals surface area contributed by atoms with E-state index in [1.807, 2.05) is 0 Å². The quantitative estimate of drug-likeness (QED) is 0.633. The zero-order chi connectivity index (χ0) is 22.8. The molecular weight excluding hydrogens is 438 g/mol. The summed E-state index contributed by atoms with van der Waals surface area (Å²) in [6, 6.07) is 6.26. The summed E-state index contributed by atoms with van der Waals surface area (Å²) in [5.74, 6) is -0.781. The van der Waals surface area contributed by atoms with Gasteiger partial charge in [-0.05, 0) is 62.4 Å². The van der Waals surface area contributed by atoms with Gasteiger partial charge in [-0.1, -0.05) is 0 Å². The van der Waals surface area contributed by atoms with Crippen molar-refractivity contribution in [2.75, 3.05) is 37.4 Å². The molecule has 1 N–H and O–H groups in total. The van der Waals surface area contributed by atoms with Gasteiger partial charge in [0, 0.05) is 31.6 Å². The highest BCUT2D eigenvalue weighted by Gasteiger charge is 2.27. The number of anilines is 2. The van der Waals surface area contributed by atoms with Gasteiger partial charge in [0.15, 0.2) is 0 Å². The molecule has 1 aromatic carbocycles. The van der Waals surface area contributed by atoms with Crippen LogP contribution in [0.15, 0.2) is 24.3 Å². The largest absolute Gasteiger partial charge is 0.462 e. The van der Waals surface area contributed by atoms with E-state index in [2.05, 4.69) is 5.32 Å². The van der Waals surface area contributed by atoms with Crippen LogP contribution in [0.2, 0.25) is 0 Å². The van der Waals surface area contributed by atoms with E-state index in [0.717, 1.165) is 44.7 Å². The Morgan fingerprint density at radius 2 is 1.74 bits per heavy atom. The number of thiophene rings is 1. The Balaban J connectivity index is 1.84. The fourth-order valence-electron chi connectivity index (χ4n) is 3.45. The standard InChI is InChI=1S/C21H27N3O5S2/c1-5-29-21(26)18-16-8-6-7-9-17(16)30-20(18)22-19(25)14-10-12-15(13-11-14)24(4)31(27,28)23(2)3/h10-13H,5-9H2,1-4H3,(H,22,25). The topological polar surface area (TPSA) is 96.0 Å². The molecule has 0 saturated heterocycles. The van der Waals surface area contributed by atoms with Gasteiger partial charge < -0.3 is 10.1 Å². The number of rotatable bonds is 7. The molecule has 31 heavy (non-hydrogen) atoms. The molecule has 0 bridgehead atoms. The highest BCUT2D eigenvalue weighted by molar-refractivity contribution is 7.90. The van der Waals surface area contributed by atoms with E-state index < -0.39 is 16.2 Å².